The molecule has 2 aromatic heterocycles. The smallest absolute Gasteiger partial charge is 0.326 e. The Bertz CT molecular complexity index is 1840. The van der Waals surface area contributed by atoms with Crippen LogP contribution in [0.3, 0.4) is 0 Å². The number of aryl methyl sites for hydroxylation is 2. The minimum Gasteiger partial charge on any atom is -0.326 e. The van der Waals surface area contributed by atoms with E-state index in [1.165, 1.54) is 4.57 Å². The predicted molar refractivity (Wildman–Crippen MR) is 154 cm³/mol. The number of hydrogen-bond acceptors (Lipinski definition) is 6. The molecule has 39 heavy (non-hydrogen) atoms. The average Bonchev–Trinajstić information content (AvgIpc) is 3.29. The highest BCUT2D eigenvalue weighted by Gasteiger charge is 2.16. The zero-order valence-corrected chi connectivity index (χ0v) is 22.3. The number of benzene rings is 3. The molecule has 3 aromatic carbocycles. The van der Waals surface area contributed by atoms with E-state index in [1.807, 2.05) is 37.3 Å². The normalized spacial score (nSPS) is 13.4. The molecule has 0 radical (unpaired) electrons. The van der Waals surface area contributed by atoms with E-state index in [0.717, 1.165) is 50.9 Å². The second-order valence-corrected chi connectivity index (χ2v) is 10.6. The summed E-state index contributed by atoms with van der Waals surface area (Å²) in [5.74, 6) is 0.0769. The molecular formula is C29H28N6O3S. The van der Waals surface area contributed by atoms with Crippen LogP contribution in [0.15, 0.2) is 75.4 Å². The molecule has 1 aliphatic heterocycles. The van der Waals surface area contributed by atoms with Crippen LogP contribution in [0.5, 0.6) is 0 Å². The van der Waals surface area contributed by atoms with Crippen molar-refractivity contribution in [3.63, 3.8) is 0 Å². The number of nitrogens with zero attached hydrogens (tertiary/aromatic N) is 3. The molecule has 0 saturated carbocycles. The van der Waals surface area contributed by atoms with Crippen molar-refractivity contribution >= 4 is 45.5 Å². The van der Waals surface area contributed by atoms with Gasteiger partial charge in [-0.25, -0.2) is 9.78 Å². The van der Waals surface area contributed by atoms with Gasteiger partial charge in [0.1, 0.15) is 0 Å². The maximum absolute atomic E-state index is 12.8. The van der Waals surface area contributed by atoms with Gasteiger partial charge in [0, 0.05) is 30.1 Å². The molecule has 3 heterocycles. The summed E-state index contributed by atoms with van der Waals surface area (Å²) in [6.07, 6.45) is 3.90. The van der Waals surface area contributed by atoms with E-state index in [4.69, 9.17) is 0 Å². The Morgan fingerprint density at radius 3 is 2.62 bits per heavy atom. The van der Waals surface area contributed by atoms with Gasteiger partial charge < -0.3 is 9.88 Å². The van der Waals surface area contributed by atoms with E-state index < -0.39 is 11.2 Å². The Labute approximate surface area is 228 Å². The van der Waals surface area contributed by atoms with Crippen molar-refractivity contribution in [2.24, 2.45) is 0 Å². The summed E-state index contributed by atoms with van der Waals surface area (Å²) in [4.78, 5) is 45.0. The predicted octanol–water partition coefficient (Wildman–Crippen LogP) is 4.18. The lowest BCUT2D eigenvalue weighted by molar-refractivity contribution is -0.116. The SMILES string of the molecule is CCn1cnc2c1c(=O)[nH]c(=O)n2Cc1ccc(CNSc2ccc3c(c2)CCCC(=O)N3)c2ccccc12. The largest absolute Gasteiger partial charge is 0.330 e. The number of amides is 1. The summed E-state index contributed by atoms with van der Waals surface area (Å²) in [6, 6.07) is 18.4. The molecular weight excluding hydrogens is 512 g/mol. The van der Waals surface area contributed by atoms with Crippen molar-refractivity contribution in [1.29, 1.82) is 0 Å². The van der Waals surface area contributed by atoms with Crippen LogP contribution in [0.4, 0.5) is 5.69 Å². The van der Waals surface area contributed by atoms with Crippen LogP contribution in [0.1, 0.15) is 36.5 Å². The summed E-state index contributed by atoms with van der Waals surface area (Å²) >= 11 is 1.57. The molecule has 0 saturated heterocycles. The van der Waals surface area contributed by atoms with Crippen LogP contribution in [-0.2, 0) is 30.8 Å². The molecule has 198 valence electrons. The second-order valence-electron chi connectivity index (χ2n) is 9.62. The standard InChI is InChI=1S/C29H28N6O3S/c1-2-34-17-30-27-26(34)28(37)33-29(38)35(27)16-20-11-10-19(22-7-3-4-8-23(20)22)15-31-39-21-12-13-24-18(14-21)6-5-9-25(36)32-24/h3-4,7-8,10-14,17,31H,2,5-6,9,15-16H2,1H3,(H,32,36)(H,33,37,38). The molecule has 3 N–H and O–H groups in total. The summed E-state index contributed by atoms with van der Waals surface area (Å²) in [5.41, 5.74) is 4.07. The number of fused-ring (bicyclic) bond motifs is 3. The summed E-state index contributed by atoms with van der Waals surface area (Å²) in [6.45, 7) is 3.45. The van der Waals surface area contributed by atoms with Gasteiger partial charge in [-0.15, -0.1) is 0 Å². The molecule has 0 fully saturated rings. The monoisotopic (exact) mass is 540 g/mol. The van der Waals surface area contributed by atoms with Crippen LogP contribution in [0, 0.1) is 0 Å². The Morgan fingerprint density at radius 2 is 1.79 bits per heavy atom. The van der Waals surface area contributed by atoms with Crippen molar-refractivity contribution in [2.75, 3.05) is 5.32 Å². The van der Waals surface area contributed by atoms with Crippen LogP contribution in [0.25, 0.3) is 21.9 Å². The Morgan fingerprint density at radius 1 is 1.00 bits per heavy atom. The molecule has 6 rings (SSSR count). The molecule has 1 amide bonds. The number of hydrogen-bond donors (Lipinski definition) is 3. The first kappa shape index (κ1) is 25.1. The maximum atomic E-state index is 12.8. The van der Waals surface area contributed by atoms with E-state index in [-0.39, 0.29) is 5.91 Å². The van der Waals surface area contributed by atoms with Gasteiger partial charge in [0.2, 0.25) is 5.91 Å². The third-order valence-corrected chi connectivity index (χ3v) is 7.96. The van der Waals surface area contributed by atoms with Gasteiger partial charge in [0.15, 0.2) is 11.2 Å². The van der Waals surface area contributed by atoms with E-state index in [2.05, 4.69) is 44.3 Å². The summed E-state index contributed by atoms with van der Waals surface area (Å²) < 4.78 is 6.75. The van der Waals surface area contributed by atoms with Crippen molar-refractivity contribution in [3.8, 4) is 0 Å². The lowest BCUT2D eigenvalue weighted by Gasteiger charge is -2.14. The van der Waals surface area contributed by atoms with Gasteiger partial charge in [-0.3, -0.25) is 23.9 Å². The number of anilines is 1. The number of carbonyl (C=O) groups excluding carboxylic acids is 1. The lowest BCUT2D eigenvalue weighted by Crippen LogP contribution is -2.31. The highest BCUT2D eigenvalue weighted by atomic mass is 32.2. The highest BCUT2D eigenvalue weighted by Crippen LogP contribution is 2.28. The fourth-order valence-electron chi connectivity index (χ4n) is 5.21. The molecule has 0 atom stereocenters. The zero-order chi connectivity index (χ0) is 26.9. The van der Waals surface area contributed by atoms with E-state index in [1.54, 1.807) is 22.8 Å². The van der Waals surface area contributed by atoms with Crippen molar-refractivity contribution < 1.29 is 4.79 Å². The lowest BCUT2D eigenvalue weighted by atomic mass is 9.99. The fourth-order valence-corrected chi connectivity index (χ4v) is 5.94. The van der Waals surface area contributed by atoms with Crippen LogP contribution in [-0.4, -0.2) is 25.0 Å². The van der Waals surface area contributed by atoms with Gasteiger partial charge in [0.05, 0.1) is 12.9 Å². The van der Waals surface area contributed by atoms with Gasteiger partial charge >= 0.3 is 5.69 Å². The Kier molecular flexibility index (Phi) is 6.80. The van der Waals surface area contributed by atoms with Crippen molar-refractivity contribution in [1.82, 2.24) is 23.8 Å². The number of aromatic amines is 1. The first-order chi connectivity index (χ1) is 19.0. The molecule has 5 aromatic rings. The second kappa shape index (κ2) is 10.5. The number of H-pyrrole nitrogens is 1. The van der Waals surface area contributed by atoms with Crippen LogP contribution >= 0.6 is 11.9 Å². The van der Waals surface area contributed by atoms with E-state index in [9.17, 15) is 14.4 Å². The van der Waals surface area contributed by atoms with E-state index >= 15 is 0 Å². The third kappa shape index (κ3) is 4.88. The Hall–Kier alpha value is -4.15. The molecule has 0 unspecified atom stereocenters. The molecule has 9 nitrogen and oxygen atoms in total. The highest BCUT2D eigenvalue weighted by molar-refractivity contribution is 7.97. The quantitative estimate of drug-likeness (QED) is 0.267. The van der Waals surface area contributed by atoms with Gasteiger partial charge in [-0.2, -0.15) is 0 Å². The van der Waals surface area contributed by atoms with E-state index in [0.29, 0.717) is 37.2 Å². The average molecular weight is 541 g/mol. The molecule has 1 aliphatic rings. The third-order valence-electron chi connectivity index (χ3n) is 7.18. The first-order valence-electron chi connectivity index (χ1n) is 13.0. The number of nitrogens with one attached hydrogen (secondary N) is 3. The molecule has 0 bridgehead atoms. The van der Waals surface area contributed by atoms with Crippen LogP contribution < -0.4 is 21.3 Å². The number of carbonyl (C=O) groups is 1. The maximum Gasteiger partial charge on any atom is 0.330 e. The number of rotatable bonds is 7. The molecule has 0 aliphatic carbocycles. The molecule has 0 spiro atoms. The fraction of sp³-hybridized carbons (Fsp3) is 0.241. The minimum atomic E-state index is -0.472. The number of imidazole rings is 1. The minimum absolute atomic E-state index is 0.0769. The Balaban J connectivity index is 1.25. The van der Waals surface area contributed by atoms with Crippen LogP contribution in [0.2, 0.25) is 0 Å². The van der Waals surface area contributed by atoms with Gasteiger partial charge in [-0.1, -0.05) is 36.4 Å². The van der Waals surface area contributed by atoms with Gasteiger partial charge in [0.25, 0.3) is 5.56 Å². The van der Waals surface area contributed by atoms with Crippen molar-refractivity contribution in [3.05, 3.63) is 98.5 Å². The zero-order valence-electron chi connectivity index (χ0n) is 21.5. The van der Waals surface area contributed by atoms with Gasteiger partial charge in [-0.05, 0) is 77.4 Å². The number of aromatic nitrogens is 4. The molecule has 10 heteroatoms. The topological polar surface area (TPSA) is 114 Å². The summed E-state index contributed by atoms with van der Waals surface area (Å²) in [7, 11) is 0. The van der Waals surface area contributed by atoms with Crippen molar-refractivity contribution in [2.45, 2.75) is 50.7 Å². The first-order valence-corrected chi connectivity index (χ1v) is 13.8. The summed E-state index contributed by atoms with van der Waals surface area (Å²) in [5, 5.41) is 5.12.